The number of benzene rings is 1. The fourth-order valence-electron chi connectivity index (χ4n) is 3.41. The van der Waals surface area contributed by atoms with Gasteiger partial charge in [0.2, 0.25) is 0 Å². The molecule has 1 aromatic rings. The number of thioether (sulfide) groups is 1. The van der Waals surface area contributed by atoms with E-state index >= 15 is 0 Å². The molecule has 120 valence electrons. The highest BCUT2D eigenvalue weighted by atomic mass is 35.5. The Kier molecular flexibility index (Phi) is 4.18. The summed E-state index contributed by atoms with van der Waals surface area (Å²) >= 11 is 7.39. The number of halogens is 1. The van der Waals surface area contributed by atoms with E-state index in [9.17, 15) is 4.79 Å². The molecule has 1 unspecified atom stereocenters. The van der Waals surface area contributed by atoms with E-state index in [0.717, 1.165) is 30.4 Å². The van der Waals surface area contributed by atoms with Gasteiger partial charge in [-0.3, -0.25) is 9.69 Å². The second-order valence-corrected chi connectivity index (χ2v) is 7.59. The fraction of sp³-hybridized carbons (Fsp3) is 0.412. The number of carbonyl (C=O) groups is 1. The SMILES string of the molecule is O=C1N=C(N2CCN3CCCC3C2)S/C1=C/c1ccc(Cl)cc1. The smallest absolute Gasteiger partial charge is 0.286 e. The standard InChI is InChI=1S/C17H18ClN3OS/c18-13-5-3-12(4-6-13)10-15-16(22)19-17(23-15)21-9-8-20-7-1-2-14(20)11-21/h3-6,10,14H,1-2,7-9,11H2/b15-10+. The zero-order valence-electron chi connectivity index (χ0n) is 12.7. The first-order valence-electron chi connectivity index (χ1n) is 7.96. The first-order valence-corrected chi connectivity index (χ1v) is 9.15. The van der Waals surface area contributed by atoms with Gasteiger partial charge < -0.3 is 4.90 Å². The molecule has 3 aliphatic heterocycles. The third-order valence-electron chi connectivity index (χ3n) is 4.63. The van der Waals surface area contributed by atoms with E-state index in [1.807, 2.05) is 30.3 Å². The fourth-order valence-corrected chi connectivity index (χ4v) is 4.48. The predicted molar refractivity (Wildman–Crippen MR) is 95.6 cm³/mol. The average Bonchev–Trinajstić information content (AvgIpc) is 3.16. The van der Waals surface area contributed by atoms with Gasteiger partial charge in [-0.25, -0.2) is 0 Å². The molecule has 6 heteroatoms. The van der Waals surface area contributed by atoms with Crippen LogP contribution in [0.5, 0.6) is 0 Å². The van der Waals surface area contributed by atoms with E-state index in [1.165, 1.54) is 31.1 Å². The van der Waals surface area contributed by atoms with E-state index in [-0.39, 0.29) is 5.91 Å². The molecule has 3 aliphatic rings. The number of nitrogens with zero attached hydrogens (tertiary/aromatic N) is 3. The molecule has 2 fully saturated rings. The van der Waals surface area contributed by atoms with E-state index < -0.39 is 0 Å². The molecule has 0 bridgehead atoms. The summed E-state index contributed by atoms with van der Waals surface area (Å²) in [5.41, 5.74) is 0.974. The molecule has 1 amide bonds. The Balaban J connectivity index is 1.47. The van der Waals surface area contributed by atoms with Crippen molar-refractivity contribution >= 4 is 40.5 Å². The molecule has 4 rings (SSSR count). The van der Waals surface area contributed by atoms with Crippen molar-refractivity contribution in [3.63, 3.8) is 0 Å². The molecule has 0 saturated carbocycles. The number of amidine groups is 1. The van der Waals surface area contributed by atoms with Crippen LogP contribution in [0.15, 0.2) is 34.2 Å². The topological polar surface area (TPSA) is 35.9 Å². The Labute approximate surface area is 145 Å². The number of hydrogen-bond acceptors (Lipinski definition) is 4. The van der Waals surface area contributed by atoms with E-state index in [1.54, 1.807) is 0 Å². The van der Waals surface area contributed by atoms with Crippen molar-refractivity contribution in [2.45, 2.75) is 18.9 Å². The second kappa shape index (κ2) is 6.30. The van der Waals surface area contributed by atoms with E-state index in [2.05, 4.69) is 14.8 Å². The Hall–Kier alpha value is -1.30. The molecule has 3 heterocycles. The molecule has 0 spiro atoms. The Bertz CT molecular complexity index is 686. The normalized spacial score (nSPS) is 26.7. The summed E-state index contributed by atoms with van der Waals surface area (Å²) in [5, 5.41) is 1.56. The van der Waals surface area contributed by atoms with Crippen LogP contribution in [-0.2, 0) is 4.79 Å². The number of piperazine rings is 1. The molecule has 0 N–H and O–H groups in total. The lowest BCUT2D eigenvalue weighted by atomic mass is 10.2. The summed E-state index contributed by atoms with van der Waals surface area (Å²) in [4.78, 5) is 22.0. The molecule has 23 heavy (non-hydrogen) atoms. The van der Waals surface area contributed by atoms with Crippen molar-refractivity contribution in [3.8, 4) is 0 Å². The molecule has 0 aliphatic carbocycles. The Morgan fingerprint density at radius 1 is 1.22 bits per heavy atom. The minimum Gasteiger partial charge on any atom is -0.348 e. The van der Waals surface area contributed by atoms with E-state index in [4.69, 9.17) is 11.6 Å². The largest absolute Gasteiger partial charge is 0.348 e. The summed E-state index contributed by atoms with van der Waals surface area (Å²) in [6.07, 6.45) is 4.44. The first kappa shape index (κ1) is 15.2. The number of fused-ring (bicyclic) bond motifs is 1. The van der Waals surface area contributed by atoms with Crippen molar-refractivity contribution < 1.29 is 4.79 Å². The molecule has 1 atom stereocenters. The van der Waals surface area contributed by atoms with Crippen molar-refractivity contribution in [1.82, 2.24) is 9.80 Å². The third-order valence-corrected chi connectivity index (χ3v) is 5.93. The van der Waals surface area contributed by atoms with Crippen molar-refractivity contribution in [2.75, 3.05) is 26.2 Å². The lowest BCUT2D eigenvalue weighted by Gasteiger charge is -2.38. The summed E-state index contributed by atoms with van der Waals surface area (Å²) in [6, 6.07) is 8.13. The number of hydrogen-bond donors (Lipinski definition) is 0. The maximum absolute atomic E-state index is 12.2. The van der Waals surface area contributed by atoms with Gasteiger partial charge in [-0.05, 0) is 54.9 Å². The Morgan fingerprint density at radius 3 is 2.87 bits per heavy atom. The molecule has 4 nitrogen and oxygen atoms in total. The molecular weight excluding hydrogens is 330 g/mol. The van der Waals surface area contributed by atoms with Gasteiger partial charge >= 0.3 is 0 Å². The van der Waals surface area contributed by atoms with Gasteiger partial charge in [-0.2, -0.15) is 4.99 Å². The van der Waals surface area contributed by atoms with Crippen LogP contribution in [0.25, 0.3) is 6.08 Å². The van der Waals surface area contributed by atoms with Crippen molar-refractivity contribution in [3.05, 3.63) is 39.8 Å². The number of rotatable bonds is 1. The van der Waals surface area contributed by atoms with Crippen LogP contribution in [-0.4, -0.2) is 53.1 Å². The van der Waals surface area contributed by atoms with E-state index in [0.29, 0.717) is 16.0 Å². The van der Waals surface area contributed by atoms with Crippen molar-refractivity contribution in [2.24, 2.45) is 4.99 Å². The zero-order chi connectivity index (χ0) is 15.8. The molecular formula is C17H18ClN3OS. The Morgan fingerprint density at radius 2 is 2.04 bits per heavy atom. The number of amides is 1. The highest BCUT2D eigenvalue weighted by molar-refractivity contribution is 8.18. The van der Waals surface area contributed by atoms with Crippen LogP contribution in [0, 0.1) is 0 Å². The summed E-state index contributed by atoms with van der Waals surface area (Å²) < 4.78 is 0. The van der Waals surface area contributed by atoms with Crippen LogP contribution in [0.2, 0.25) is 5.02 Å². The minimum absolute atomic E-state index is 0.131. The minimum atomic E-state index is -0.131. The van der Waals surface area contributed by atoms with Crippen LogP contribution in [0.4, 0.5) is 0 Å². The van der Waals surface area contributed by atoms with Crippen LogP contribution in [0.3, 0.4) is 0 Å². The third kappa shape index (κ3) is 3.18. The quantitative estimate of drug-likeness (QED) is 0.731. The summed E-state index contributed by atoms with van der Waals surface area (Å²) in [7, 11) is 0. The zero-order valence-corrected chi connectivity index (χ0v) is 14.3. The maximum atomic E-state index is 12.2. The van der Waals surface area contributed by atoms with Crippen LogP contribution in [0.1, 0.15) is 18.4 Å². The molecule has 0 radical (unpaired) electrons. The van der Waals surface area contributed by atoms with Gasteiger partial charge in [-0.15, -0.1) is 0 Å². The first-order chi connectivity index (χ1) is 11.2. The van der Waals surface area contributed by atoms with Crippen molar-refractivity contribution in [1.29, 1.82) is 0 Å². The van der Waals surface area contributed by atoms with Gasteiger partial charge in [0.25, 0.3) is 5.91 Å². The molecule has 0 aromatic heterocycles. The maximum Gasteiger partial charge on any atom is 0.286 e. The lowest BCUT2D eigenvalue weighted by Crippen LogP contribution is -2.51. The monoisotopic (exact) mass is 347 g/mol. The highest BCUT2D eigenvalue weighted by Crippen LogP contribution is 2.32. The van der Waals surface area contributed by atoms with Crippen LogP contribution < -0.4 is 0 Å². The van der Waals surface area contributed by atoms with Crippen LogP contribution >= 0.6 is 23.4 Å². The molecule has 2 saturated heterocycles. The summed E-state index contributed by atoms with van der Waals surface area (Å²) in [5.74, 6) is -0.131. The average molecular weight is 348 g/mol. The highest BCUT2D eigenvalue weighted by Gasteiger charge is 2.34. The second-order valence-electron chi connectivity index (χ2n) is 6.14. The predicted octanol–water partition coefficient (Wildman–Crippen LogP) is 3.09. The summed E-state index contributed by atoms with van der Waals surface area (Å²) in [6.45, 7) is 4.25. The van der Waals surface area contributed by atoms with Gasteiger partial charge in [0.1, 0.15) is 0 Å². The lowest BCUT2D eigenvalue weighted by molar-refractivity contribution is -0.113. The number of aliphatic imine (C=N–C) groups is 1. The van der Waals surface area contributed by atoms with Gasteiger partial charge in [0.05, 0.1) is 4.91 Å². The van der Waals surface area contributed by atoms with Gasteiger partial charge in [0, 0.05) is 30.7 Å². The molecule has 1 aromatic carbocycles. The number of carbonyl (C=O) groups excluding carboxylic acids is 1. The van der Waals surface area contributed by atoms with Gasteiger partial charge in [0.15, 0.2) is 5.17 Å². The van der Waals surface area contributed by atoms with Gasteiger partial charge in [-0.1, -0.05) is 23.7 Å².